The van der Waals surface area contributed by atoms with Gasteiger partial charge in [-0.25, -0.2) is 9.97 Å². The number of benzene rings is 2. The molecule has 7 heteroatoms. The largest absolute Gasteiger partial charge is 0.292 e. The van der Waals surface area contributed by atoms with Crippen LogP contribution in [0.25, 0.3) is 11.4 Å². The average molecular weight is 411 g/mol. The molecule has 3 aromatic rings. The van der Waals surface area contributed by atoms with Crippen LogP contribution < -0.4 is 4.90 Å². The van der Waals surface area contributed by atoms with E-state index in [4.69, 9.17) is 4.98 Å². The lowest BCUT2D eigenvalue weighted by Crippen LogP contribution is -2.26. The second kappa shape index (κ2) is 7.83. The highest BCUT2D eigenvalue weighted by Gasteiger charge is 2.30. The normalized spacial score (nSPS) is 15.0. The first-order valence-corrected chi connectivity index (χ1v) is 10.4. The number of amides is 1. The molecule has 0 fully saturated rings. The summed E-state index contributed by atoms with van der Waals surface area (Å²) in [5.41, 5.74) is 5.10. The molecular formula is C24H23N6O+. The number of nitrogens with zero attached hydrogens (tertiary/aromatic N) is 6. The minimum atomic E-state index is 0.0469. The van der Waals surface area contributed by atoms with Gasteiger partial charge in [0, 0.05) is 17.3 Å². The molecular weight excluding hydrogens is 388 g/mol. The van der Waals surface area contributed by atoms with Gasteiger partial charge in [-0.05, 0) is 29.2 Å². The summed E-state index contributed by atoms with van der Waals surface area (Å²) in [5.74, 6) is 1.77. The Balaban J connectivity index is 1.44. The summed E-state index contributed by atoms with van der Waals surface area (Å²) in [5, 5.41) is 7.95. The molecule has 7 nitrogen and oxygen atoms in total. The molecule has 1 amide bonds. The number of hydrogen-bond donors (Lipinski definition) is 0. The van der Waals surface area contributed by atoms with Crippen LogP contribution in [0.4, 0.5) is 11.5 Å². The van der Waals surface area contributed by atoms with E-state index in [2.05, 4.69) is 35.2 Å². The lowest BCUT2D eigenvalue weighted by atomic mass is 9.97. The highest BCUT2D eigenvalue weighted by atomic mass is 16.2. The van der Waals surface area contributed by atoms with Gasteiger partial charge < -0.3 is 0 Å². The molecule has 2 aromatic carbocycles. The summed E-state index contributed by atoms with van der Waals surface area (Å²) in [6.45, 7) is 5.47. The van der Waals surface area contributed by atoms with Gasteiger partial charge in [-0.15, -0.1) is 4.70 Å². The van der Waals surface area contributed by atoms with E-state index in [0.29, 0.717) is 37.1 Å². The number of carbonyl (C=O) groups excluding carboxylic acids is 1. The topological polar surface area (TPSA) is 73.8 Å². The molecule has 5 rings (SSSR count). The standard InChI is InChI=1S/C24H23N6O/c1-16(2)20-5-3-4-6-21(20)23-25-14-18-13-22(31)29(24(18)27-23)15-17-7-9-19(10-8-17)30-12-11-26-28-30/h3-11,14,16H,12-13,15H2,1-2H3/q+1. The second-order valence-electron chi connectivity index (χ2n) is 8.08. The molecule has 0 unspecified atom stereocenters. The highest BCUT2D eigenvalue weighted by molar-refractivity contribution is 6.00. The van der Waals surface area contributed by atoms with Crippen LogP contribution in [0.2, 0.25) is 0 Å². The van der Waals surface area contributed by atoms with E-state index in [1.165, 1.54) is 5.56 Å². The Bertz CT molecular complexity index is 1210. The molecule has 0 radical (unpaired) electrons. The number of aromatic nitrogens is 2. The zero-order valence-corrected chi connectivity index (χ0v) is 17.6. The van der Waals surface area contributed by atoms with Gasteiger partial charge in [0.05, 0.1) is 18.1 Å². The number of hydrogen-bond acceptors (Lipinski definition) is 5. The zero-order valence-electron chi connectivity index (χ0n) is 17.6. The summed E-state index contributed by atoms with van der Waals surface area (Å²) >= 11 is 0. The van der Waals surface area contributed by atoms with Gasteiger partial charge in [0.15, 0.2) is 18.6 Å². The predicted molar refractivity (Wildman–Crippen MR) is 119 cm³/mol. The van der Waals surface area contributed by atoms with Crippen LogP contribution in [0.15, 0.2) is 65.1 Å². The molecule has 2 aliphatic heterocycles. The van der Waals surface area contributed by atoms with Crippen molar-refractivity contribution in [1.29, 1.82) is 0 Å². The van der Waals surface area contributed by atoms with Gasteiger partial charge in [-0.1, -0.05) is 50.2 Å². The molecule has 2 aliphatic rings. The molecule has 3 heterocycles. The van der Waals surface area contributed by atoms with E-state index < -0.39 is 0 Å². The van der Waals surface area contributed by atoms with Gasteiger partial charge in [0.2, 0.25) is 5.91 Å². The minimum absolute atomic E-state index is 0.0469. The fraction of sp³-hybridized carbons (Fsp3) is 0.250. The van der Waals surface area contributed by atoms with E-state index in [1.807, 2.05) is 47.2 Å². The monoisotopic (exact) mass is 411 g/mol. The molecule has 0 aliphatic carbocycles. The molecule has 0 saturated carbocycles. The van der Waals surface area contributed by atoms with Gasteiger partial charge in [0.25, 0.3) is 0 Å². The molecule has 31 heavy (non-hydrogen) atoms. The van der Waals surface area contributed by atoms with Crippen molar-refractivity contribution in [2.45, 2.75) is 32.7 Å². The fourth-order valence-corrected chi connectivity index (χ4v) is 3.99. The first-order valence-electron chi connectivity index (χ1n) is 10.4. The van der Waals surface area contributed by atoms with Crippen molar-refractivity contribution in [3.63, 3.8) is 0 Å². The van der Waals surface area contributed by atoms with Crippen LogP contribution in [0.1, 0.15) is 36.5 Å². The molecule has 0 N–H and O–H groups in total. The van der Waals surface area contributed by atoms with Crippen LogP contribution in [0, 0.1) is 0 Å². The van der Waals surface area contributed by atoms with Gasteiger partial charge >= 0.3 is 0 Å². The molecule has 1 aromatic heterocycles. The first kappa shape index (κ1) is 19.2. The minimum Gasteiger partial charge on any atom is -0.292 e. The van der Waals surface area contributed by atoms with Crippen LogP contribution >= 0.6 is 0 Å². The third-order valence-corrected chi connectivity index (χ3v) is 5.63. The summed E-state index contributed by atoms with van der Waals surface area (Å²) in [6, 6.07) is 16.2. The van der Waals surface area contributed by atoms with Gasteiger partial charge in [-0.2, -0.15) is 0 Å². The Morgan fingerprint density at radius 2 is 1.90 bits per heavy atom. The number of carbonyl (C=O) groups is 1. The Morgan fingerprint density at radius 1 is 1.10 bits per heavy atom. The fourth-order valence-electron chi connectivity index (χ4n) is 3.99. The van der Waals surface area contributed by atoms with Crippen LogP contribution in [0.3, 0.4) is 0 Å². The summed E-state index contributed by atoms with van der Waals surface area (Å²) in [7, 11) is 0. The quantitative estimate of drug-likeness (QED) is 0.582. The van der Waals surface area contributed by atoms with E-state index in [0.717, 1.165) is 22.4 Å². The maximum absolute atomic E-state index is 12.8. The highest BCUT2D eigenvalue weighted by Crippen LogP contribution is 2.32. The second-order valence-corrected chi connectivity index (χ2v) is 8.08. The third kappa shape index (κ3) is 3.63. The first-order chi connectivity index (χ1) is 15.1. The SMILES string of the molecule is CC(C)c1ccccc1-c1ncc2c(n1)N(Cc1ccc([N+]3=NN=CC3)cc1)C(=O)C2. The van der Waals surface area contributed by atoms with Gasteiger partial charge in [-0.3, -0.25) is 9.69 Å². The van der Waals surface area contributed by atoms with Crippen molar-refractivity contribution < 1.29 is 9.49 Å². The summed E-state index contributed by atoms with van der Waals surface area (Å²) in [4.78, 5) is 23.9. The van der Waals surface area contributed by atoms with Gasteiger partial charge in [0.1, 0.15) is 16.7 Å². The number of anilines is 1. The summed E-state index contributed by atoms with van der Waals surface area (Å²) in [6.07, 6.45) is 3.90. The average Bonchev–Trinajstić information content (AvgIpc) is 3.43. The molecule has 154 valence electrons. The van der Waals surface area contributed by atoms with Crippen molar-refractivity contribution >= 4 is 23.6 Å². The molecule has 0 bridgehead atoms. The van der Waals surface area contributed by atoms with Crippen LogP contribution in [-0.2, 0) is 17.8 Å². The van der Waals surface area contributed by atoms with Crippen molar-refractivity contribution in [1.82, 2.24) is 9.97 Å². The van der Waals surface area contributed by atoms with E-state index in [-0.39, 0.29) is 5.91 Å². The third-order valence-electron chi connectivity index (χ3n) is 5.63. The lowest BCUT2D eigenvalue weighted by molar-refractivity contribution is -0.491. The number of rotatable bonds is 5. The lowest BCUT2D eigenvalue weighted by Gasteiger charge is -2.18. The van der Waals surface area contributed by atoms with Crippen LogP contribution in [-0.4, -0.2) is 33.3 Å². The van der Waals surface area contributed by atoms with Crippen molar-refractivity contribution in [2.24, 2.45) is 10.3 Å². The Labute approximate surface area is 180 Å². The van der Waals surface area contributed by atoms with Crippen molar-refractivity contribution in [3.05, 3.63) is 71.4 Å². The van der Waals surface area contributed by atoms with Crippen molar-refractivity contribution in [3.8, 4) is 11.4 Å². The predicted octanol–water partition coefficient (Wildman–Crippen LogP) is 4.45. The van der Waals surface area contributed by atoms with E-state index >= 15 is 0 Å². The zero-order chi connectivity index (χ0) is 21.4. The Kier molecular flexibility index (Phi) is 4.86. The molecule has 0 saturated heterocycles. The van der Waals surface area contributed by atoms with E-state index in [9.17, 15) is 4.79 Å². The molecule has 0 spiro atoms. The Hall–Kier alpha value is -3.74. The molecule has 0 atom stereocenters. The van der Waals surface area contributed by atoms with E-state index in [1.54, 1.807) is 17.3 Å². The Morgan fingerprint density at radius 3 is 2.65 bits per heavy atom. The van der Waals surface area contributed by atoms with Crippen molar-refractivity contribution in [2.75, 3.05) is 11.4 Å². The summed E-state index contributed by atoms with van der Waals surface area (Å²) < 4.78 is 1.83. The van der Waals surface area contributed by atoms with Crippen LogP contribution in [0.5, 0.6) is 0 Å². The maximum Gasteiger partial charge on any atom is 0.233 e. The smallest absolute Gasteiger partial charge is 0.233 e. The number of fused-ring (bicyclic) bond motifs is 1. The maximum atomic E-state index is 12.8.